The standard InChI is InChI=1S/C15H16F3NO2/c16-15(17,18)13-6-5-11(7-12(13)14(20)21)19(10-3-4-10)8-9-1-2-9/h5-7,9-10H,1-4,8H2,(H,20,21). The molecule has 2 aliphatic rings. The van der Waals surface area contributed by atoms with Crippen LogP contribution in [0.5, 0.6) is 0 Å². The van der Waals surface area contributed by atoms with Gasteiger partial charge in [0, 0.05) is 18.3 Å². The van der Waals surface area contributed by atoms with E-state index in [1.54, 1.807) is 0 Å². The molecule has 0 bridgehead atoms. The van der Waals surface area contributed by atoms with Crippen LogP contribution in [0.2, 0.25) is 0 Å². The van der Waals surface area contributed by atoms with Gasteiger partial charge in [0.15, 0.2) is 0 Å². The molecule has 3 nitrogen and oxygen atoms in total. The van der Waals surface area contributed by atoms with Crippen LogP contribution in [0, 0.1) is 5.92 Å². The molecule has 6 heteroatoms. The zero-order valence-electron chi connectivity index (χ0n) is 11.4. The van der Waals surface area contributed by atoms with Crippen molar-refractivity contribution in [2.24, 2.45) is 5.92 Å². The topological polar surface area (TPSA) is 40.5 Å². The molecule has 3 rings (SSSR count). The average Bonchev–Trinajstić information content (AvgIpc) is 3.25. The minimum Gasteiger partial charge on any atom is -0.478 e. The summed E-state index contributed by atoms with van der Waals surface area (Å²) in [6.07, 6.45) is -0.301. The number of nitrogens with zero attached hydrogens (tertiary/aromatic N) is 1. The number of benzene rings is 1. The van der Waals surface area contributed by atoms with Crippen LogP contribution in [-0.2, 0) is 6.18 Å². The normalized spacial score (nSPS) is 18.6. The molecule has 1 aromatic rings. The number of carbonyl (C=O) groups is 1. The monoisotopic (exact) mass is 299 g/mol. The van der Waals surface area contributed by atoms with Gasteiger partial charge in [0.2, 0.25) is 0 Å². The summed E-state index contributed by atoms with van der Waals surface area (Å²) in [6, 6.07) is 3.81. The molecule has 0 radical (unpaired) electrons. The van der Waals surface area contributed by atoms with Crippen LogP contribution in [0.25, 0.3) is 0 Å². The lowest BCUT2D eigenvalue weighted by Crippen LogP contribution is -2.28. The van der Waals surface area contributed by atoms with Gasteiger partial charge in [-0.2, -0.15) is 13.2 Å². The first kappa shape index (κ1) is 14.2. The maximum atomic E-state index is 12.9. The van der Waals surface area contributed by atoms with Crippen molar-refractivity contribution in [3.05, 3.63) is 29.3 Å². The molecule has 0 aliphatic heterocycles. The molecule has 0 aromatic heterocycles. The van der Waals surface area contributed by atoms with Crippen LogP contribution < -0.4 is 4.90 Å². The largest absolute Gasteiger partial charge is 0.478 e. The highest BCUT2D eigenvalue weighted by molar-refractivity contribution is 5.91. The Morgan fingerprint density at radius 1 is 1.24 bits per heavy atom. The molecular formula is C15H16F3NO2. The van der Waals surface area contributed by atoms with Crippen molar-refractivity contribution < 1.29 is 23.1 Å². The van der Waals surface area contributed by atoms with Crippen molar-refractivity contribution >= 4 is 11.7 Å². The molecule has 0 amide bonds. The van der Waals surface area contributed by atoms with Crippen molar-refractivity contribution in [3.63, 3.8) is 0 Å². The first-order chi connectivity index (χ1) is 9.86. The van der Waals surface area contributed by atoms with Crippen LogP contribution in [0.4, 0.5) is 18.9 Å². The number of aromatic carboxylic acids is 1. The molecule has 0 unspecified atom stereocenters. The third-order valence-electron chi connectivity index (χ3n) is 4.01. The molecule has 21 heavy (non-hydrogen) atoms. The third-order valence-corrected chi connectivity index (χ3v) is 4.01. The zero-order valence-corrected chi connectivity index (χ0v) is 11.4. The number of alkyl halides is 3. The van der Waals surface area contributed by atoms with Gasteiger partial charge < -0.3 is 10.0 Å². The second-order valence-electron chi connectivity index (χ2n) is 5.86. The third kappa shape index (κ3) is 3.14. The van der Waals surface area contributed by atoms with E-state index in [0.717, 1.165) is 38.3 Å². The number of carboxylic acids is 1. The fourth-order valence-corrected chi connectivity index (χ4v) is 2.57. The van der Waals surface area contributed by atoms with E-state index in [2.05, 4.69) is 4.90 Å². The van der Waals surface area contributed by atoms with E-state index in [-0.39, 0.29) is 0 Å². The van der Waals surface area contributed by atoms with E-state index < -0.39 is 23.3 Å². The summed E-state index contributed by atoms with van der Waals surface area (Å²) in [5.74, 6) is -0.937. The predicted octanol–water partition coefficient (Wildman–Crippen LogP) is 3.78. The molecule has 1 aromatic carbocycles. The van der Waals surface area contributed by atoms with Crippen LogP contribution in [-0.4, -0.2) is 23.7 Å². The number of anilines is 1. The Labute approximate surface area is 120 Å². The molecule has 0 atom stereocenters. The Kier molecular flexibility index (Phi) is 3.34. The fraction of sp³-hybridized carbons (Fsp3) is 0.533. The van der Waals surface area contributed by atoms with Gasteiger partial charge in [-0.25, -0.2) is 4.79 Å². The summed E-state index contributed by atoms with van der Waals surface area (Å²) >= 11 is 0. The van der Waals surface area contributed by atoms with E-state index in [1.165, 1.54) is 12.1 Å². The van der Waals surface area contributed by atoms with Crippen LogP contribution >= 0.6 is 0 Å². The molecule has 114 valence electrons. The number of carboxylic acid groups (broad SMARTS) is 1. The molecule has 0 spiro atoms. The Balaban J connectivity index is 1.94. The Morgan fingerprint density at radius 2 is 1.90 bits per heavy atom. The smallest absolute Gasteiger partial charge is 0.417 e. The first-order valence-corrected chi connectivity index (χ1v) is 7.07. The first-order valence-electron chi connectivity index (χ1n) is 7.07. The molecule has 0 heterocycles. The zero-order chi connectivity index (χ0) is 15.2. The summed E-state index contributed by atoms with van der Waals surface area (Å²) in [5.41, 5.74) is -1.16. The molecule has 1 N–H and O–H groups in total. The molecule has 2 saturated carbocycles. The Bertz CT molecular complexity index is 563. The van der Waals surface area contributed by atoms with E-state index in [1.807, 2.05) is 0 Å². The quantitative estimate of drug-likeness (QED) is 0.899. The summed E-state index contributed by atoms with van der Waals surface area (Å²) in [7, 11) is 0. The van der Waals surface area contributed by atoms with Gasteiger partial charge in [0.05, 0.1) is 11.1 Å². The molecule has 2 aliphatic carbocycles. The summed E-state index contributed by atoms with van der Waals surface area (Å²) in [4.78, 5) is 13.2. The van der Waals surface area contributed by atoms with Gasteiger partial charge in [-0.05, 0) is 49.8 Å². The van der Waals surface area contributed by atoms with Crippen molar-refractivity contribution in [3.8, 4) is 0 Å². The van der Waals surface area contributed by atoms with E-state index >= 15 is 0 Å². The highest BCUT2D eigenvalue weighted by atomic mass is 19.4. The van der Waals surface area contributed by atoms with Crippen molar-refractivity contribution in [1.82, 2.24) is 0 Å². The van der Waals surface area contributed by atoms with Gasteiger partial charge in [-0.1, -0.05) is 0 Å². The fourth-order valence-electron chi connectivity index (χ4n) is 2.57. The summed E-state index contributed by atoms with van der Waals surface area (Å²) in [5, 5.41) is 9.07. The van der Waals surface area contributed by atoms with E-state index in [4.69, 9.17) is 5.11 Å². The summed E-state index contributed by atoms with van der Waals surface area (Å²) < 4.78 is 38.6. The SMILES string of the molecule is O=C(O)c1cc(N(CC2CC2)C2CC2)ccc1C(F)(F)F. The number of rotatable bonds is 5. The van der Waals surface area contributed by atoms with Crippen LogP contribution in [0.15, 0.2) is 18.2 Å². The maximum absolute atomic E-state index is 12.9. The highest BCUT2D eigenvalue weighted by Crippen LogP contribution is 2.40. The lowest BCUT2D eigenvalue weighted by atomic mass is 10.1. The molecule has 0 saturated heterocycles. The lowest BCUT2D eigenvalue weighted by Gasteiger charge is -2.25. The maximum Gasteiger partial charge on any atom is 0.417 e. The van der Waals surface area contributed by atoms with Crippen molar-refractivity contribution in [2.45, 2.75) is 37.9 Å². The van der Waals surface area contributed by atoms with E-state index in [9.17, 15) is 18.0 Å². The molecular weight excluding hydrogens is 283 g/mol. The number of hydrogen-bond acceptors (Lipinski definition) is 2. The van der Waals surface area contributed by atoms with Gasteiger partial charge in [-0.15, -0.1) is 0 Å². The van der Waals surface area contributed by atoms with Gasteiger partial charge in [0.1, 0.15) is 0 Å². The van der Waals surface area contributed by atoms with Gasteiger partial charge in [0.25, 0.3) is 0 Å². The second-order valence-corrected chi connectivity index (χ2v) is 5.86. The lowest BCUT2D eigenvalue weighted by molar-refractivity contribution is -0.138. The minimum atomic E-state index is -4.65. The second kappa shape index (κ2) is 4.93. The molecule has 2 fully saturated rings. The Hall–Kier alpha value is -1.72. The average molecular weight is 299 g/mol. The van der Waals surface area contributed by atoms with Gasteiger partial charge >= 0.3 is 12.1 Å². The van der Waals surface area contributed by atoms with Crippen molar-refractivity contribution in [1.29, 1.82) is 0 Å². The predicted molar refractivity (Wildman–Crippen MR) is 71.5 cm³/mol. The minimum absolute atomic E-state index is 0.351. The van der Waals surface area contributed by atoms with Crippen molar-refractivity contribution in [2.75, 3.05) is 11.4 Å². The summed E-state index contributed by atoms with van der Waals surface area (Å²) in [6.45, 7) is 0.815. The van der Waals surface area contributed by atoms with Crippen LogP contribution in [0.1, 0.15) is 41.6 Å². The van der Waals surface area contributed by atoms with Gasteiger partial charge in [-0.3, -0.25) is 0 Å². The highest BCUT2D eigenvalue weighted by Gasteiger charge is 2.38. The number of hydrogen-bond donors (Lipinski definition) is 1. The van der Waals surface area contributed by atoms with E-state index in [0.29, 0.717) is 17.6 Å². The van der Waals surface area contributed by atoms with Crippen LogP contribution in [0.3, 0.4) is 0 Å². The Morgan fingerprint density at radius 3 is 2.38 bits per heavy atom. The number of halogens is 3.